The molecule has 4 rings (SSSR count). The van der Waals surface area contributed by atoms with Gasteiger partial charge in [0.1, 0.15) is 0 Å². The molecular formula is C19H14Cl2N4O3. The summed E-state index contributed by atoms with van der Waals surface area (Å²) in [6.45, 7) is 1.92. The quantitative estimate of drug-likeness (QED) is 0.476. The lowest BCUT2D eigenvalue weighted by Gasteiger charge is -2.15. The molecule has 3 heterocycles. The van der Waals surface area contributed by atoms with Crippen LogP contribution in [-0.4, -0.2) is 20.8 Å². The third-order valence-corrected chi connectivity index (χ3v) is 4.84. The molecular weight excluding hydrogens is 403 g/mol. The molecule has 1 N–H and O–H groups in total. The van der Waals surface area contributed by atoms with Crippen LogP contribution >= 0.6 is 23.2 Å². The van der Waals surface area contributed by atoms with Crippen molar-refractivity contribution in [2.45, 2.75) is 13.0 Å². The van der Waals surface area contributed by atoms with Crippen molar-refractivity contribution in [2.24, 2.45) is 0 Å². The van der Waals surface area contributed by atoms with Crippen LogP contribution in [-0.2, 0) is 0 Å². The van der Waals surface area contributed by atoms with E-state index < -0.39 is 5.91 Å². The van der Waals surface area contributed by atoms with Crippen LogP contribution in [0, 0.1) is 0 Å². The zero-order valence-corrected chi connectivity index (χ0v) is 16.1. The maximum Gasteiger partial charge on any atom is 0.277 e. The number of benzene rings is 1. The molecule has 3 aromatic heterocycles. The zero-order valence-electron chi connectivity index (χ0n) is 14.6. The molecule has 1 aromatic carbocycles. The van der Waals surface area contributed by atoms with Gasteiger partial charge in [-0.05, 0) is 31.2 Å². The van der Waals surface area contributed by atoms with Crippen molar-refractivity contribution in [1.29, 1.82) is 0 Å². The summed E-state index contributed by atoms with van der Waals surface area (Å²) in [7, 11) is 0. The van der Waals surface area contributed by atoms with Gasteiger partial charge in [-0.2, -0.15) is 5.10 Å². The lowest BCUT2D eigenvalue weighted by atomic mass is 10.1. The summed E-state index contributed by atoms with van der Waals surface area (Å²) in [6, 6.07) is 10.0. The Morgan fingerprint density at radius 2 is 1.96 bits per heavy atom. The van der Waals surface area contributed by atoms with Crippen LogP contribution in [0.3, 0.4) is 0 Å². The Morgan fingerprint density at radius 1 is 1.18 bits per heavy atom. The Labute approximate surface area is 169 Å². The van der Waals surface area contributed by atoms with E-state index in [9.17, 15) is 4.79 Å². The average Bonchev–Trinajstić information content (AvgIpc) is 3.42. The minimum absolute atomic E-state index is 0.126. The summed E-state index contributed by atoms with van der Waals surface area (Å²) in [5.74, 6) is 0.433. The van der Waals surface area contributed by atoms with Gasteiger partial charge in [0, 0.05) is 27.9 Å². The van der Waals surface area contributed by atoms with Gasteiger partial charge in [-0.3, -0.25) is 9.48 Å². The highest BCUT2D eigenvalue weighted by Crippen LogP contribution is 2.32. The van der Waals surface area contributed by atoms with Crippen molar-refractivity contribution in [3.8, 4) is 11.5 Å². The van der Waals surface area contributed by atoms with Crippen molar-refractivity contribution in [3.63, 3.8) is 0 Å². The zero-order chi connectivity index (χ0) is 19.7. The van der Waals surface area contributed by atoms with Gasteiger partial charge < -0.3 is 14.3 Å². The van der Waals surface area contributed by atoms with Crippen LogP contribution in [0.2, 0.25) is 10.0 Å². The molecule has 28 heavy (non-hydrogen) atoms. The number of halogens is 2. The molecule has 0 aliphatic heterocycles. The van der Waals surface area contributed by atoms with Gasteiger partial charge in [0.15, 0.2) is 11.5 Å². The summed E-state index contributed by atoms with van der Waals surface area (Å²) >= 11 is 12.5. The summed E-state index contributed by atoms with van der Waals surface area (Å²) < 4.78 is 12.0. The van der Waals surface area contributed by atoms with Gasteiger partial charge in [-0.25, -0.2) is 0 Å². The number of carbonyl (C=O) groups excluding carboxylic acids is 1. The van der Waals surface area contributed by atoms with Gasteiger partial charge in [-0.15, -0.1) is 0 Å². The standard InChI is InChI=1S/C19H14Cl2N4O3/c1-11(18-13(20)4-2-5-14(18)21)25-10-12(9-22-25)23-19(26)15-8-17(28-24-15)16-6-3-7-27-16/h2-11H,1H3,(H,23,26)/t11-/m0/s1. The van der Waals surface area contributed by atoms with E-state index in [1.807, 2.05) is 6.92 Å². The molecule has 1 atom stereocenters. The van der Waals surface area contributed by atoms with E-state index in [0.29, 0.717) is 27.3 Å². The van der Waals surface area contributed by atoms with E-state index in [1.54, 1.807) is 41.2 Å². The van der Waals surface area contributed by atoms with Crippen LogP contribution in [0.25, 0.3) is 11.5 Å². The fraction of sp³-hybridized carbons (Fsp3) is 0.105. The van der Waals surface area contributed by atoms with Crippen LogP contribution < -0.4 is 5.32 Å². The van der Waals surface area contributed by atoms with Crippen molar-refractivity contribution in [2.75, 3.05) is 5.32 Å². The number of amides is 1. The predicted molar refractivity (Wildman–Crippen MR) is 105 cm³/mol. The first kappa shape index (κ1) is 18.3. The number of nitrogens with one attached hydrogen (secondary N) is 1. The predicted octanol–water partition coefficient (Wildman–Crippen LogP) is 5.30. The number of rotatable bonds is 5. The fourth-order valence-corrected chi connectivity index (χ4v) is 3.48. The molecule has 0 aliphatic rings. The van der Waals surface area contributed by atoms with Crippen molar-refractivity contribution >= 4 is 34.8 Å². The number of anilines is 1. The van der Waals surface area contributed by atoms with Crippen molar-refractivity contribution in [1.82, 2.24) is 14.9 Å². The number of nitrogens with zero attached hydrogens (tertiary/aromatic N) is 3. The largest absolute Gasteiger partial charge is 0.461 e. The number of carbonyl (C=O) groups is 1. The van der Waals surface area contributed by atoms with Gasteiger partial charge in [0.05, 0.1) is 24.2 Å². The molecule has 0 fully saturated rings. The van der Waals surface area contributed by atoms with Gasteiger partial charge in [0.2, 0.25) is 5.76 Å². The molecule has 0 radical (unpaired) electrons. The van der Waals surface area contributed by atoms with Gasteiger partial charge in [0.25, 0.3) is 5.91 Å². The molecule has 4 aromatic rings. The molecule has 142 valence electrons. The molecule has 7 nitrogen and oxygen atoms in total. The first-order chi connectivity index (χ1) is 13.5. The Hall–Kier alpha value is -3.03. The highest BCUT2D eigenvalue weighted by Gasteiger charge is 2.19. The summed E-state index contributed by atoms with van der Waals surface area (Å²) in [5, 5.41) is 11.9. The molecule has 0 bridgehead atoms. The third-order valence-electron chi connectivity index (χ3n) is 4.18. The fourth-order valence-electron chi connectivity index (χ4n) is 2.77. The normalized spacial score (nSPS) is 12.1. The minimum Gasteiger partial charge on any atom is -0.461 e. The molecule has 0 aliphatic carbocycles. The second-order valence-corrected chi connectivity index (χ2v) is 6.84. The second kappa shape index (κ2) is 7.53. The van der Waals surface area contributed by atoms with Crippen LogP contribution in [0.4, 0.5) is 5.69 Å². The number of aromatic nitrogens is 3. The highest BCUT2D eigenvalue weighted by atomic mass is 35.5. The molecule has 1 amide bonds. The molecule has 0 unspecified atom stereocenters. The lowest BCUT2D eigenvalue weighted by Crippen LogP contribution is -2.12. The second-order valence-electron chi connectivity index (χ2n) is 6.03. The summed E-state index contributed by atoms with van der Waals surface area (Å²) in [6.07, 6.45) is 4.74. The maximum atomic E-state index is 12.4. The Balaban J connectivity index is 1.50. The van der Waals surface area contributed by atoms with Gasteiger partial charge >= 0.3 is 0 Å². The first-order valence-corrected chi connectivity index (χ1v) is 9.08. The van der Waals surface area contributed by atoms with Crippen molar-refractivity contribution in [3.05, 3.63) is 76.4 Å². The Bertz CT molecular complexity index is 1100. The molecule has 0 saturated carbocycles. The minimum atomic E-state index is -0.426. The Morgan fingerprint density at radius 3 is 2.68 bits per heavy atom. The highest BCUT2D eigenvalue weighted by molar-refractivity contribution is 6.36. The first-order valence-electron chi connectivity index (χ1n) is 8.33. The van der Waals surface area contributed by atoms with E-state index >= 15 is 0 Å². The Kier molecular flexibility index (Phi) is 4.93. The maximum absolute atomic E-state index is 12.4. The van der Waals surface area contributed by atoms with E-state index in [4.69, 9.17) is 32.1 Å². The summed E-state index contributed by atoms with van der Waals surface area (Å²) in [4.78, 5) is 12.4. The average molecular weight is 417 g/mol. The van der Waals surface area contributed by atoms with E-state index in [-0.39, 0.29) is 11.7 Å². The van der Waals surface area contributed by atoms with Crippen LogP contribution in [0.5, 0.6) is 0 Å². The van der Waals surface area contributed by atoms with E-state index in [2.05, 4.69) is 15.6 Å². The number of furan rings is 1. The number of hydrogen-bond acceptors (Lipinski definition) is 5. The topological polar surface area (TPSA) is 86.1 Å². The SMILES string of the molecule is C[C@@H](c1c(Cl)cccc1Cl)n1cc(NC(=O)c2cc(-c3ccco3)on2)cn1. The van der Waals surface area contributed by atoms with Crippen LogP contribution in [0.1, 0.15) is 29.0 Å². The monoisotopic (exact) mass is 416 g/mol. The molecule has 9 heteroatoms. The molecule has 0 spiro atoms. The van der Waals surface area contributed by atoms with Crippen molar-refractivity contribution < 1.29 is 13.7 Å². The third kappa shape index (κ3) is 3.54. The molecule has 0 saturated heterocycles. The van der Waals surface area contributed by atoms with E-state index in [0.717, 1.165) is 5.56 Å². The smallest absolute Gasteiger partial charge is 0.277 e. The van der Waals surface area contributed by atoms with Gasteiger partial charge in [-0.1, -0.05) is 34.4 Å². The summed E-state index contributed by atoms with van der Waals surface area (Å²) in [5.41, 5.74) is 1.38. The van der Waals surface area contributed by atoms with Crippen LogP contribution in [0.15, 0.2) is 64.0 Å². The lowest BCUT2D eigenvalue weighted by molar-refractivity contribution is 0.101. The number of hydrogen-bond donors (Lipinski definition) is 1. The van der Waals surface area contributed by atoms with E-state index in [1.165, 1.54) is 18.5 Å².